The number of allylic oxidation sites excluding steroid dienone is 1. The van der Waals surface area contributed by atoms with Crippen molar-refractivity contribution >= 4 is 0 Å². The van der Waals surface area contributed by atoms with E-state index in [0.717, 1.165) is 18.3 Å². The third-order valence-electron chi connectivity index (χ3n) is 8.90. The van der Waals surface area contributed by atoms with Crippen LogP contribution in [0.15, 0.2) is 11.6 Å². The first-order valence-corrected chi connectivity index (χ1v) is 9.87. The molecule has 0 aromatic rings. The minimum absolute atomic E-state index is 0.0831. The normalized spacial score (nSPS) is 54.2. The molecule has 0 aromatic carbocycles. The van der Waals surface area contributed by atoms with Gasteiger partial charge in [0, 0.05) is 5.41 Å². The van der Waals surface area contributed by atoms with Crippen LogP contribution in [0.5, 0.6) is 0 Å². The van der Waals surface area contributed by atoms with Gasteiger partial charge in [-0.25, -0.2) is 0 Å². The summed E-state index contributed by atoms with van der Waals surface area (Å²) in [6.07, 6.45) is 15.1. The summed E-state index contributed by atoms with van der Waals surface area (Å²) in [6, 6.07) is 0. The molecule has 0 aliphatic heterocycles. The Morgan fingerprint density at radius 1 is 1.09 bits per heavy atom. The van der Waals surface area contributed by atoms with E-state index in [1.165, 1.54) is 57.8 Å². The molecule has 0 saturated heterocycles. The molecule has 1 nitrogen and oxygen atoms in total. The van der Waals surface area contributed by atoms with Crippen LogP contribution < -0.4 is 0 Å². The molecule has 4 rings (SSSR count). The van der Waals surface area contributed by atoms with Crippen molar-refractivity contribution in [3.8, 4) is 0 Å². The molecule has 1 N–H and O–H groups in total. The second-order valence-electron chi connectivity index (χ2n) is 9.32. The first-order valence-electron chi connectivity index (χ1n) is 9.87. The summed E-state index contributed by atoms with van der Waals surface area (Å²) >= 11 is 0. The van der Waals surface area contributed by atoms with Crippen molar-refractivity contribution < 1.29 is 5.11 Å². The van der Waals surface area contributed by atoms with Gasteiger partial charge in [0.1, 0.15) is 0 Å². The SMILES string of the molecule is CC[C@H]1CC[C@H]2[C@@H]3CCC4=CCCC[C@]4(C)[C@@]3(O)CC[C@]12C. The van der Waals surface area contributed by atoms with Gasteiger partial charge in [0.15, 0.2) is 0 Å². The van der Waals surface area contributed by atoms with Crippen molar-refractivity contribution in [2.24, 2.45) is 28.6 Å². The molecule has 0 radical (unpaired) electrons. The van der Waals surface area contributed by atoms with Crippen LogP contribution in [-0.2, 0) is 0 Å². The van der Waals surface area contributed by atoms with Gasteiger partial charge in [-0.05, 0) is 81.0 Å². The van der Waals surface area contributed by atoms with Crippen molar-refractivity contribution in [2.75, 3.05) is 0 Å². The van der Waals surface area contributed by atoms with Crippen LogP contribution in [0.1, 0.15) is 85.0 Å². The Morgan fingerprint density at radius 3 is 2.68 bits per heavy atom. The van der Waals surface area contributed by atoms with E-state index >= 15 is 0 Å². The lowest BCUT2D eigenvalue weighted by Crippen LogP contribution is -2.62. The fraction of sp³-hybridized carbons (Fsp3) is 0.905. The highest BCUT2D eigenvalue weighted by molar-refractivity contribution is 5.29. The summed E-state index contributed by atoms with van der Waals surface area (Å²) in [5.74, 6) is 2.23. The summed E-state index contributed by atoms with van der Waals surface area (Å²) in [6.45, 7) is 7.34. The number of rotatable bonds is 1. The standard InChI is InChI=1S/C21H34O/c1-4-15-8-10-17-18-11-9-16-7-5-6-12-20(16,3)21(18,22)14-13-19(15,17)2/h7,15,17-18,22H,4-6,8-14H2,1-3H3/t15-,17-,18-,19+,20-,21+/m0/s1. The van der Waals surface area contributed by atoms with E-state index in [1.807, 2.05) is 0 Å². The van der Waals surface area contributed by atoms with Gasteiger partial charge >= 0.3 is 0 Å². The first-order chi connectivity index (χ1) is 10.5. The highest BCUT2D eigenvalue weighted by Crippen LogP contribution is 2.68. The zero-order valence-corrected chi connectivity index (χ0v) is 14.8. The Hall–Kier alpha value is -0.300. The molecule has 124 valence electrons. The quantitative estimate of drug-likeness (QED) is 0.636. The highest BCUT2D eigenvalue weighted by Gasteiger charge is 2.64. The third-order valence-corrected chi connectivity index (χ3v) is 8.90. The molecule has 6 atom stereocenters. The van der Waals surface area contributed by atoms with Crippen molar-refractivity contribution in [1.29, 1.82) is 0 Å². The van der Waals surface area contributed by atoms with Crippen molar-refractivity contribution in [3.63, 3.8) is 0 Å². The zero-order valence-electron chi connectivity index (χ0n) is 14.8. The van der Waals surface area contributed by atoms with Crippen LogP contribution in [0, 0.1) is 28.6 Å². The first kappa shape index (κ1) is 15.2. The van der Waals surface area contributed by atoms with E-state index < -0.39 is 5.60 Å². The maximum atomic E-state index is 11.9. The van der Waals surface area contributed by atoms with Crippen molar-refractivity contribution in [2.45, 2.75) is 90.6 Å². The van der Waals surface area contributed by atoms with Gasteiger partial charge in [-0.2, -0.15) is 0 Å². The number of hydrogen-bond acceptors (Lipinski definition) is 1. The number of hydrogen-bond donors (Lipinski definition) is 1. The van der Waals surface area contributed by atoms with Crippen molar-refractivity contribution in [1.82, 2.24) is 0 Å². The zero-order chi connectivity index (χ0) is 15.6. The molecule has 4 aliphatic carbocycles. The van der Waals surface area contributed by atoms with E-state index in [1.54, 1.807) is 5.57 Å². The molecule has 0 amide bonds. The van der Waals surface area contributed by atoms with E-state index in [9.17, 15) is 5.11 Å². The molecule has 1 heteroatoms. The predicted molar refractivity (Wildman–Crippen MR) is 91.6 cm³/mol. The molecule has 0 unspecified atom stereocenters. The molecule has 0 bridgehead atoms. The molecule has 3 fully saturated rings. The topological polar surface area (TPSA) is 20.2 Å². The van der Waals surface area contributed by atoms with Gasteiger partial charge in [0.2, 0.25) is 0 Å². The average molecular weight is 303 g/mol. The molecule has 0 aromatic heterocycles. The lowest BCUT2D eigenvalue weighted by Gasteiger charge is -2.63. The second kappa shape index (κ2) is 4.85. The van der Waals surface area contributed by atoms with E-state index in [-0.39, 0.29) is 5.41 Å². The Balaban J connectivity index is 1.73. The van der Waals surface area contributed by atoms with Gasteiger partial charge in [-0.3, -0.25) is 0 Å². The van der Waals surface area contributed by atoms with Gasteiger partial charge in [0.05, 0.1) is 5.60 Å². The summed E-state index contributed by atoms with van der Waals surface area (Å²) in [5.41, 5.74) is 1.79. The Morgan fingerprint density at radius 2 is 1.91 bits per heavy atom. The Bertz CT molecular complexity index is 494. The van der Waals surface area contributed by atoms with Gasteiger partial charge in [-0.1, -0.05) is 38.8 Å². The molecular weight excluding hydrogens is 268 g/mol. The average Bonchev–Trinajstić information content (AvgIpc) is 2.84. The lowest BCUT2D eigenvalue weighted by atomic mass is 9.44. The third kappa shape index (κ3) is 1.70. The Kier molecular flexibility index (Phi) is 3.36. The highest BCUT2D eigenvalue weighted by atomic mass is 16.3. The summed E-state index contributed by atoms with van der Waals surface area (Å²) in [5, 5.41) is 11.9. The van der Waals surface area contributed by atoms with Crippen LogP contribution in [0.2, 0.25) is 0 Å². The molecule has 0 heterocycles. The molecular formula is C21H34O. The fourth-order valence-electron chi connectivity index (χ4n) is 7.47. The van der Waals surface area contributed by atoms with Crippen LogP contribution >= 0.6 is 0 Å². The van der Waals surface area contributed by atoms with Gasteiger partial charge < -0.3 is 5.11 Å². The van der Waals surface area contributed by atoms with Crippen LogP contribution in [0.3, 0.4) is 0 Å². The number of fused-ring (bicyclic) bond motifs is 5. The summed E-state index contributed by atoms with van der Waals surface area (Å²) < 4.78 is 0. The fourth-order valence-corrected chi connectivity index (χ4v) is 7.47. The molecule has 4 aliphatic rings. The molecule has 0 spiro atoms. The smallest absolute Gasteiger partial charge is 0.0769 e. The lowest BCUT2D eigenvalue weighted by molar-refractivity contribution is -0.191. The van der Waals surface area contributed by atoms with E-state index in [0.29, 0.717) is 11.3 Å². The van der Waals surface area contributed by atoms with Crippen molar-refractivity contribution in [3.05, 3.63) is 11.6 Å². The van der Waals surface area contributed by atoms with Gasteiger partial charge in [0.25, 0.3) is 0 Å². The monoisotopic (exact) mass is 302 g/mol. The molecule has 3 saturated carbocycles. The van der Waals surface area contributed by atoms with Crippen LogP contribution in [-0.4, -0.2) is 10.7 Å². The summed E-state index contributed by atoms with van der Waals surface area (Å²) in [7, 11) is 0. The Labute approximate surface area is 136 Å². The maximum Gasteiger partial charge on any atom is 0.0769 e. The van der Waals surface area contributed by atoms with E-state index in [2.05, 4.69) is 26.8 Å². The van der Waals surface area contributed by atoms with Gasteiger partial charge in [-0.15, -0.1) is 0 Å². The number of aliphatic hydroxyl groups is 1. The molecule has 22 heavy (non-hydrogen) atoms. The minimum atomic E-state index is -0.412. The minimum Gasteiger partial charge on any atom is -0.389 e. The maximum absolute atomic E-state index is 11.9. The van der Waals surface area contributed by atoms with Crippen LogP contribution in [0.4, 0.5) is 0 Å². The summed E-state index contributed by atoms with van der Waals surface area (Å²) in [4.78, 5) is 0. The second-order valence-corrected chi connectivity index (χ2v) is 9.32. The largest absolute Gasteiger partial charge is 0.389 e. The van der Waals surface area contributed by atoms with Crippen LogP contribution in [0.25, 0.3) is 0 Å². The predicted octanol–water partition coefficient (Wildman–Crippen LogP) is 5.48. The van der Waals surface area contributed by atoms with E-state index in [4.69, 9.17) is 0 Å².